The van der Waals surface area contributed by atoms with Crippen molar-refractivity contribution in [3.8, 4) is 0 Å². The van der Waals surface area contributed by atoms with Gasteiger partial charge in [-0.3, -0.25) is 0 Å². The fourth-order valence-corrected chi connectivity index (χ4v) is 2.73. The summed E-state index contributed by atoms with van der Waals surface area (Å²) in [7, 11) is 0. The van der Waals surface area contributed by atoms with Crippen molar-refractivity contribution in [1.82, 2.24) is 0 Å². The van der Waals surface area contributed by atoms with Crippen LogP contribution in [0.25, 0.3) is 0 Å². The molecular formula is C12H22O3. The van der Waals surface area contributed by atoms with Crippen LogP contribution in [0.4, 0.5) is 0 Å². The van der Waals surface area contributed by atoms with Crippen LogP contribution in [0.1, 0.15) is 34.1 Å². The summed E-state index contributed by atoms with van der Waals surface area (Å²) in [5, 5.41) is 0. The Kier molecular flexibility index (Phi) is 3.06. The van der Waals surface area contributed by atoms with Crippen LogP contribution < -0.4 is 0 Å². The van der Waals surface area contributed by atoms with Crippen LogP contribution in [-0.2, 0) is 14.2 Å². The van der Waals surface area contributed by atoms with Gasteiger partial charge >= 0.3 is 0 Å². The van der Waals surface area contributed by atoms with Gasteiger partial charge < -0.3 is 14.2 Å². The van der Waals surface area contributed by atoms with E-state index in [4.69, 9.17) is 14.2 Å². The average molecular weight is 214 g/mol. The molecule has 2 saturated heterocycles. The number of ether oxygens (including phenoxy) is 3. The highest BCUT2D eigenvalue weighted by Gasteiger charge is 2.44. The molecular weight excluding hydrogens is 192 g/mol. The minimum absolute atomic E-state index is 0.120. The molecule has 2 aliphatic heterocycles. The lowest BCUT2D eigenvalue weighted by molar-refractivity contribution is -0.154. The second-order valence-electron chi connectivity index (χ2n) is 5.21. The first-order chi connectivity index (χ1) is 7.03. The highest BCUT2D eigenvalue weighted by atomic mass is 16.7. The van der Waals surface area contributed by atoms with E-state index in [1.54, 1.807) is 0 Å². The molecule has 0 bridgehead atoms. The van der Waals surface area contributed by atoms with E-state index in [9.17, 15) is 0 Å². The van der Waals surface area contributed by atoms with E-state index in [-0.39, 0.29) is 12.2 Å². The molecule has 15 heavy (non-hydrogen) atoms. The molecule has 0 spiro atoms. The lowest BCUT2D eigenvalue weighted by atomic mass is 9.87. The molecule has 0 aliphatic carbocycles. The molecule has 2 aliphatic rings. The smallest absolute Gasteiger partial charge is 0.163 e. The summed E-state index contributed by atoms with van der Waals surface area (Å²) in [5.74, 6) is 0.831. The second kappa shape index (κ2) is 4.04. The van der Waals surface area contributed by atoms with Crippen molar-refractivity contribution in [3.05, 3.63) is 0 Å². The molecule has 0 aromatic carbocycles. The predicted molar refractivity (Wildman–Crippen MR) is 57.6 cm³/mol. The van der Waals surface area contributed by atoms with Gasteiger partial charge in [0.25, 0.3) is 0 Å². The molecule has 0 aromatic heterocycles. The number of rotatable bonds is 2. The van der Waals surface area contributed by atoms with Gasteiger partial charge in [0, 0.05) is 0 Å². The van der Waals surface area contributed by atoms with Gasteiger partial charge in [0.2, 0.25) is 0 Å². The van der Waals surface area contributed by atoms with Crippen LogP contribution in [-0.4, -0.2) is 31.2 Å². The van der Waals surface area contributed by atoms with Crippen LogP contribution in [0.3, 0.4) is 0 Å². The molecule has 2 heterocycles. The van der Waals surface area contributed by atoms with Crippen molar-refractivity contribution in [2.75, 3.05) is 13.2 Å². The van der Waals surface area contributed by atoms with E-state index < -0.39 is 5.79 Å². The van der Waals surface area contributed by atoms with E-state index in [0.29, 0.717) is 18.4 Å². The van der Waals surface area contributed by atoms with E-state index in [0.717, 1.165) is 13.0 Å². The third kappa shape index (κ3) is 2.19. The molecule has 0 radical (unpaired) electrons. The third-order valence-electron chi connectivity index (χ3n) is 3.57. The van der Waals surface area contributed by atoms with Crippen molar-refractivity contribution in [2.45, 2.75) is 52.1 Å². The van der Waals surface area contributed by atoms with Gasteiger partial charge in [-0.15, -0.1) is 0 Å². The summed E-state index contributed by atoms with van der Waals surface area (Å²) in [4.78, 5) is 0. The first-order valence-electron chi connectivity index (χ1n) is 5.97. The molecule has 4 atom stereocenters. The Labute approximate surface area is 92.1 Å². The Hall–Kier alpha value is -0.120. The number of hydrogen-bond donors (Lipinski definition) is 0. The van der Waals surface area contributed by atoms with Crippen molar-refractivity contribution in [2.24, 2.45) is 11.8 Å². The summed E-state index contributed by atoms with van der Waals surface area (Å²) in [5.41, 5.74) is 0. The van der Waals surface area contributed by atoms with Gasteiger partial charge in [0.1, 0.15) is 6.10 Å². The lowest BCUT2D eigenvalue weighted by Crippen LogP contribution is -2.35. The summed E-state index contributed by atoms with van der Waals surface area (Å²) < 4.78 is 17.3. The van der Waals surface area contributed by atoms with E-state index >= 15 is 0 Å². The van der Waals surface area contributed by atoms with Gasteiger partial charge in [0.15, 0.2) is 5.79 Å². The molecule has 3 heteroatoms. The van der Waals surface area contributed by atoms with Crippen molar-refractivity contribution in [3.63, 3.8) is 0 Å². The molecule has 0 N–H and O–H groups in total. The van der Waals surface area contributed by atoms with Crippen LogP contribution in [0.5, 0.6) is 0 Å². The highest BCUT2D eigenvalue weighted by Crippen LogP contribution is 2.36. The standard InChI is InChI=1S/C12H22O3/c1-5-9-8(2)6-13-11(9)10-7-14-12(3,4)15-10/h8-11H,5-7H2,1-4H3/t8-,9-,10+,11-/m0/s1. The summed E-state index contributed by atoms with van der Waals surface area (Å²) in [6, 6.07) is 0. The average Bonchev–Trinajstić information content (AvgIpc) is 2.69. The topological polar surface area (TPSA) is 27.7 Å². The SMILES string of the molecule is CC[C@@H]1[C@@H]([C@H]2COC(C)(C)O2)OC[C@@H]1C. The molecule has 0 saturated carbocycles. The lowest BCUT2D eigenvalue weighted by Gasteiger charge is -2.25. The van der Waals surface area contributed by atoms with Crippen LogP contribution in [0, 0.1) is 11.8 Å². The molecule has 88 valence electrons. The Balaban J connectivity index is 2.00. The quantitative estimate of drug-likeness (QED) is 0.705. The maximum absolute atomic E-state index is 5.87. The first-order valence-corrected chi connectivity index (χ1v) is 5.97. The largest absolute Gasteiger partial charge is 0.375 e. The van der Waals surface area contributed by atoms with E-state index in [1.807, 2.05) is 13.8 Å². The fraction of sp³-hybridized carbons (Fsp3) is 1.00. The molecule has 0 unspecified atom stereocenters. The zero-order chi connectivity index (χ0) is 11.1. The molecule has 2 fully saturated rings. The second-order valence-corrected chi connectivity index (χ2v) is 5.21. The minimum Gasteiger partial charge on any atom is -0.375 e. The Morgan fingerprint density at radius 1 is 1.27 bits per heavy atom. The molecule has 3 nitrogen and oxygen atoms in total. The van der Waals surface area contributed by atoms with E-state index in [2.05, 4.69) is 13.8 Å². The van der Waals surface area contributed by atoms with Gasteiger partial charge in [-0.25, -0.2) is 0 Å². The summed E-state index contributed by atoms with van der Waals surface area (Å²) in [6.07, 6.45) is 1.51. The van der Waals surface area contributed by atoms with Gasteiger partial charge in [0.05, 0.1) is 19.3 Å². The van der Waals surface area contributed by atoms with Gasteiger partial charge in [-0.2, -0.15) is 0 Å². The third-order valence-corrected chi connectivity index (χ3v) is 3.57. The van der Waals surface area contributed by atoms with Crippen LogP contribution in [0.2, 0.25) is 0 Å². The van der Waals surface area contributed by atoms with Crippen LogP contribution in [0.15, 0.2) is 0 Å². The Morgan fingerprint density at radius 3 is 2.53 bits per heavy atom. The fourth-order valence-electron chi connectivity index (χ4n) is 2.73. The highest BCUT2D eigenvalue weighted by molar-refractivity contribution is 4.89. The Morgan fingerprint density at radius 2 is 2.00 bits per heavy atom. The van der Waals surface area contributed by atoms with E-state index in [1.165, 1.54) is 0 Å². The predicted octanol–water partition coefficient (Wildman–Crippen LogP) is 2.20. The zero-order valence-corrected chi connectivity index (χ0v) is 10.2. The maximum Gasteiger partial charge on any atom is 0.163 e. The normalized spacial score (nSPS) is 44.8. The van der Waals surface area contributed by atoms with Gasteiger partial charge in [-0.05, 0) is 25.7 Å². The molecule has 0 aromatic rings. The van der Waals surface area contributed by atoms with Crippen molar-refractivity contribution >= 4 is 0 Å². The summed E-state index contributed by atoms with van der Waals surface area (Å²) in [6.45, 7) is 9.95. The first kappa shape index (κ1) is 11.4. The summed E-state index contributed by atoms with van der Waals surface area (Å²) >= 11 is 0. The maximum atomic E-state index is 5.87. The monoisotopic (exact) mass is 214 g/mol. The van der Waals surface area contributed by atoms with Crippen LogP contribution >= 0.6 is 0 Å². The van der Waals surface area contributed by atoms with Crippen molar-refractivity contribution < 1.29 is 14.2 Å². The molecule has 0 amide bonds. The minimum atomic E-state index is -0.432. The molecule has 2 rings (SSSR count). The Bertz CT molecular complexity index is 227. The number of hydrogen-bond acceptors (Lipinski definition) is 3. The zero-order valence-electron chi connectivity index (χ0n) is 10.2. The van der Waals surface area contributed by atoms with Gasteiger partial charge in [-0.1, -0.05) is 20.3 Å². The van der Waals surface area contributed by atoms with Crippen molar-refractivity contribution in [1.29, 1.82) is 0 Å².